The Balaban J connectivity index is 2.24. The van der Waals surface area contributed by atoms with Gasteiger partial charge in [0.2, 0.25) is 0 Å². The van der Waals surface area contributed by atoms with Gasteiger partial charge in [-0.05, 0) is 26.8 Å². The van der Waals surface area contributed by atoms with Gasteiger partial charge in [0.1, 0.15) is 23.1 Å². The molecule has 7 nitrogen and oxygen atoms in total. The fraction of sp³-hybridized carbons (Fsp3) is 0.667. The monoisotopic (exact) mass is 456 g/mol. The summed E-state index contributed by atoms with van der Waals surface area (Å²) >= 11 is 0. The second-order valence-corrected chi connectivity index (χ2v) is 9.76. The van der Waals surface area contributed by atoms with E-state index >= 15 is 4.39 Å². The first kappa shape index (κ1) is 24.3. The Bertz CT molecular complexity index is 858. The number of aromatic nitrogens is 1. The lowest BCUT2D eigenvalue weighted by Crippen LogP contribution is -2.49. The number of carbonyl (C=O) groups is 1. The Labute approximate surface area is 172 Å². The van der Waals surface area contributed by atoms with E-state index in [9.17, 15) is 26.4 Å². The highest BCUT2D eigenvalue weighted by Crippen LogP contribution is 2.42. The van der Waals surface area contributed by atoms with Crippen molar-refractivity contribution in [2.75, 3.05) is 19.3 Å². The summed E-state index contributed by atoms with van der Waals surface area (Å²) < 4.78 is 87.5. The first-order chi connectivity index (χ1) is 13.5. The van der Waals surface area contributed by atoms with Crippen LogP contribution in [0.3, 0.4) is 0 Å². The molecule has 170 valence electrons. The Morgan fingerprint density at radius 2 is 1.77 bits per heavy atom. The summed E-state index contributed by atoms with van der Waals surface area (Å²) in [7, 11) is -4.15. The molecule has 1 aliphatic rings. The van der Waals surface area contributed by atoms with Crippen LogP contribution in [0.2, 0.25) is 0 Å². The summed E-state index contributed by atoms with van der Waals surface area (Å²) in [4.78, 5) is 16.7. The zero-order valence-electron chi connectivity index (χ0n) is 17.0. The molecule has 1 amide bonds. The van der Waals surface area contributed by atoms with Gasteiger partial charge in [0.15, 0.2) is 0 Å². The van der Waals surface area contributed by atoms with Crippen molar-refractivity contribution < 1.29 is 39.7 Å². The lowest BCUT2D eigenvalue weighted by molar-refractivity contribution is -0.141. The number of hydrogen-bond donors (Lipinski definition) is 0. The second-order valence-electron chi connectivity index (χ2n) is 8.16. The Morgan fingerprint density at radius 1 is 1.20 bits per heavy atom. The molecule has 0 radical (unpaired) electrons. The highest BCUT2D eigenvalue weighted by molar-refractivity contribution is 7.86. The van der Waals surface area contributed by atoms with Gasteiger partial charge < -0.3 is 9.64 Å². The van der Waals surface area contributed by atoms with Crippen LogP contribution in [0.1, 0.15) is 51.0 Å². The second kappa shape index (κ2) is 8.29. The molecule has 2 heterocycles. The fourth-order valence-corrected chi connectivity index (χ4v) is 3.63. The van der Waals surface area contributed by atoms with Crippen molar-refractivity contribution in [2.24, 2.45) is 0 Å². The standard InChI is InChI=1S/C18H24F4N2O5S/c1-16(2,3)28-15(25)24-9-7-17(19,8-10-24)14(29-30(4,26)27)12-5-6-13(23-11-12)18(20,21)22/h5-6,11,14H,7-10H2,1-4H3. The van der Waals surface area contributed by atoms with E-state index in [2.05, 4.69) is 4.98 Å². The molecule has 1 atom stereocenters. The van der Waals surface area contributed by atoms with Gasteiger partial charge in [-0.3, -0.25) is 9.17 Å². The maximum absolute atomic E-state index is 15.7. The van der Waals surface area contributed by atoms with E-state index in [0.717, 1.165) is 18.5 Å². The summed E-state index contributed by atoms with van der Waals surface area (Å²) in [5.74, 6) is 0. The number of piperidine rings is 1. The minimum atomic E-state index is -4.70. The van der Waals surface area contributed by atoms with Crippen molar-refractivity contribution in [1.82, 2.24) is 9.88 Å². The van der Waals surface area contributed by atoms with Gasteiger partial charge >= 0.3 is 12.3 Å². The molecule has 1 fully saturated rings. The first-order valence-electron chi connectivity index (χ1n) is 9.08. The number of likely N-dealkylation sites (tertiary alicyclic amines) is 1. The van der Waals surface area contributed by atoms with Gasteiger partial charge in [-0.2, -0.15) is 21.6 Å². The summed E-state index contributed by atoms with van der Waals surface area (Å²) in [5, 5.41) is 0. The third-order valence-corrected chi connectivity index (χ3v) is 4.91. The molecule has 1 aliphatic heterocycles. The lowest BCUT2D eigenvalue weighted by Gasteiger charge is -2.40. The highest BCUT2D eigenvalue weighted by atomic mass is 32.2. The molecule has 0 aliphatic carbocycles. The molecular weight excluding hydrogens is 432 g/mol. The molecule has 12 heteroatoms. The Morgan fingerprint density at radius 3 is 2.17 bits per heavy atom. The quantitative estimate of drug-likeness (QED) is 0.505. The van der Waals surface area contributed by atoms with Gasteiger partial charge in [0, 0.05) is 37.7 Å². The van der Waals surface area contributed by atoms with Crippen LogP contribution in [0.25, 0.3) is 0 Å². The van der Waals surface area contributed by atoms with E-state index in [4.69, 9.17) is 8.92 Å². The molecule has 0 aromatic carbocycles. The van der Waals surface area contributed by atoms with Crippen molar-refractivity contribution in [3.05, 3.63) is 29.6 Å². The third kappa shape index (κ3) is 6.53. The number of pyridine rings is 1. The zero-order valence-corrected chi connectivity index (χ0v) is 17.8. The normalized spacial score (nSPS) is 18.7. The van der Waals surface area contributed by atoms with Crippen molar-refractivity contribution in [1.29, 1.82) is 0 Å². The maximum atomic E-state index is 15.7. The molecule has 30 heavy (non-hydrogen) atoms. The van der Waals surface area contributed by atoms with Gasteiger partial charge in [0.25, 0.3) is 10.1 Å². The van der Waals surface area contributed by atoms with Gasteiger partial charge in [-0.15, -0.1) is 0 Å². The van der Waals surface area contributed by atoms with Crippen molar-refractivity contribution in [3.8, 4) is 0 Å². The largest absolute Gasteiger partial charge is 0.444 e. The van der Waals surface area contributed by atoms with Crippen molar-refractivity contribution in [3.63, 3.8) is 0 Å². The van der Waals surface area contributed by atoms with E-state index in [1.165, 1.54) is 4.90 Å². The number of nitrogens with zero attached hydrogens (tertiary/aromatic N) is 2. The topological polar surface area (TPSA) is 85.8 Å². The number of alkyl halides is 4. The smallest absolute Gasteiger partial charge is 0.433 e. The number of rotatable bonds is 4. The molecule has 1 saturated heterocycles. The average Bonchev–Trinajstić information content (AvgIpc) is 2.57. The van der Waals surface area contributed by atoms with E-state index in [-0.39, 0.29) is 31.5 Å². The van der Waals surface area contributed by atoms with Crippen LogP contribution in [0, 0.1) is 0 Å². The molecular formula is C18H24F4N2O5S. The Hall–Kier alpha value is -1.95. The van der Waals surface area contributed by atoms with Crippen LogP contribution >= 0.6 is 0 Å². The van der Waals surface area contributed by atoms with E-state index in [1.54, 1.807) is 20.8 Å². The highest BCUT2D eigenvalue weighted by Gasteiger charge is 2.47. The van der Waals surface area contributed by atoms with E-state index in [0.29, 0.717) is 6.07 Å². The lowest BCUT2D eigenvalue weighted by atomic mass is 9.85. The number of halogens is 4. The molecule has 0 saturated carbocycles. The summed E-state index contributed by atoms with van der Waals surface area (Å²) in [6.45, 7) is 4.89. The minimum Gasteiger partial charge on any atom is -0.444 e. The SMILES string of the molecule is CC(C)(C)OC(=O)N1CCC(F)(C(OS(C)(=O)=O)c2ccc(C(F)(F)F)nc2)CC1. The van der Waals surface area contributed by atoms with Crippen LogP contribution in [0.4, 0.5) is 22.4 Å². The van der Waals surface area contributed by atoms with Gasteiger partial charge in [-0.1, -0.05) is 6.07 Å². The predicted octanol–water partition coefficient (Wildman–Crippen LogP) is 3.86. The van der Waals surface area contributed by atoms with Crippen molar-refractivity contribution >= 4 is 16.2 Å². The van der Waals surface area contributed by atoms with E-state index < -0.39 is 45.5 Å². The summed E-state index contributed by atoms with van der Waals surface area (Å²) in [6.07, 6.45) is -6.17. The van der Waals surface area contributed by atoms with Crippen LogP contribution in [0.5, 0.6) is 0 Å². The summed E-state index contributed by atoms with van der Waals surface area (Å²) in [5.41, 5.74) is -4.34. The molecule has 0 N–H and O–H groups in total. The number of amides is 1. The van der Waals surface area contributed by atoms with Gasteiger partial charge in [0.05, 0.1) is 6.26 Å². The first-order valence-corrected chi connectivity index (χ1v) is 10.9. The average molecular weight is 456 g/mol. The zero-order chi connectivity index (χ0) is 23.0. The number of hydrogen-bond acceptors (Lipinski definition) is 6. The fourth-order valence-electron chi connectivity index (χ4n) is 2.99. The minimum absolute atomic E-state index is 0.0803. The van der Waals surface area contributed by atoms with Crippen LogP contribution in [-0.2, 0) is 25.2 Å². The molecule has 2 rings (SSSR count). The van der Waals surface area contributed by atoms with Crippen LogP contribution < -0.4 is 0 Å². The predicted molar refractivity (Wildman–Crippen MR) is 98.8 cm³/mol. The molecule has 1 unspecified atom stereocenters. The number of carbonyl (C=O) groups excluding carboxylic acids is 1. The Kier molecular flexibility index (Phi) is 6.72. The molecule has 0 bridgehead atoms. The maximum Gasteiger partial charge on any atom is 0.433 e. The third-order valence-electron chi connectivity index (χ3n) is 4.37. The number of ether oxygens (including phenoxy) is 1. The summed E-state index contributed by atoms with van der Waals surface area (Å²) in [6, 6.07) is 1.57. The van der Waals surface area contributed by atoms with Crippen LogP contribution in [-0.4, -0.2) is 55.0 Å². The van der Waals surface area contributed by atoms with Gasteiger partial charge in [-0.25, -0.2) is 9.18 Å². The molecule has 1 aromatic heterocycles. The van der Waals surface area contributed by atoms with Crippen LogP contribution in [0.15, 0.2) is 18.3 Å². The molecule has 1 aromatic rings. The molecule has 0 spiro atoms. The van der Waals surface area contributed by atoms with E-state index in [1.807, 2.05) is 0 Å². The van der Waals surface area contributed by atoms with Crippen molar-refractivity contribution in [2.45, 2.75) is 57.2 Å².